The number of carbonyl (C=O) groups is 1. The van der Waals surface area contributed by atoms with Gasteiger partial charge in [-0.05, 0) is 0 Å². The van der Waals surface area contributed by atoms with Gasteiger partial charge in [0.2, 0.25) is 0 Å². The van der Waals surface area contributed by atoms with Gasteiger partial charge in [-0.15, -0.1) is 6.42 Å². The van der Waals surface area contributed by atoms with Crippen molar-refractivity contribution in [2.75, 3.05) is 13.7 Å². The maximum absolute atomic E-state index is 11.5. The van der Waals surface area contributed by atoms with Crippen molar-refractivity contribution in [3.8, 4) is 12.3 Å². The van der Waals surface area contributed by atoms with Crippen LogP contribution in [0.4, 0.5) is 4.79 Å². The maximum atomic E-state index is 11.5. The lowest BCUT2D eigenvalue weighted by atomic mass is 9.72. The zero-order valence-corrected chi connectivity index (χ0v) is 8.56. The number of nitrogens with zero attached hydrogens (tertiary/aromatic N) is 2. The van der Waals surface area contributed by atoms with E-state index in [0.29, 0.717) is 18.7 Å². The summed E-state index contributed by atoms with van der Waals surface area (Å²) in [5.74, 6) is 2.82. The van der Waals surface area contributed by atoms with E-state index in [4.69, 9.17) is 16.9 Å². The number of urea groups is 1. The van der Waals surface area contributed by atoms with Crippen LogP contribution < -0.4 is 5.73 Å². The molecule has 80 valence electrons. The molecule has 0 saturated heterocycles. The molecule has 1 spiro atoms. The Bertz CT molecular complexity index is 363. The van der Waals surface area contributed by atoms with E-state index in [2.05, 4.69) is 10.9 Å². The summed E-state index contributed by atoms with van der Waals surface area (Å²) in [6.45, 7) is 0.249. The number of nitrogens with two attached hydrogens (primary N) is 1. The maximum Gasteiger partial charge on any atom is 0.346 e. The molecule has 0 unspecified atom stereocenters. The van der Waals surface area contributed by atoms with Crippen LogP contribution in [0.25, 0.3) is 0 Å². The van der Waals surface area contributed by atoms with E-state index in [1.165, 1.54) is 0 Å². The highest BCUT2D eigenvalue weighted by Gasteiger charge is 2.56. The van der Waals surface area contributed by atoms with Crippen LogP contribution in [0.15, 0.2) is 4.99 Å². The molecule has 2 rings (SSSR count). The molecule has 0 aromatic rings. The minimum Gasteiger partial charge on any atom is -0.385 e. The highest BCUT2D eigenvalue weighted by molar-refractivity contribution is 6.06. The number of carbonyl (C=O) groups excluding carboxylic acids is 1. The summed E-state index contributed by atoms with van der Waals surface area (Å²) in [5.41, 5.74) is 5.30. The lowest BCUT2D eigenvalue weighted by Gasteiger charge is -2.48. The van der Waals surface area contributed by atoms with E-state index in [-0.39, 0.29) is 18.7 Å². The molecule has 1 heterocycles. The third kappa shape index (κ3) is 1.22. The van der Waals surface area contributed by atoms with Crippen LogP contribution in [-0.4, -0.2) is 42.1 Å². The summed E-state index contributed by atoms with van der Waals surface area (Å²) in [7, 11) is 1.65. The molecular formula is C10H13N3O2. The van der Waals surface area contributed by atoms with Gasteiger partial charge in [-0.3, -0.25) is 4.90 Å². The molecule has 0 radical (unpaired) electrons. The Labute approximate surface area is 88.3 Å². The molecule has 2 aliphatic rings. The fourth-order valence-corrected chi connectivity index (χ4v) is 2.19. The van der Waals surface area contributed by atoms with Gasteiger partial charge in [0.25, 0.3) is 0 Å². The predicted octanol–water partition coefficient (Wildman–Crippen LogP) is -0.0400. The Hall–Kier alpha value is -1.54. The molecule has 0 atom stereocenters. The Morgan fingerprint density at radius 1 is 1.80 bits per heavy atom. The molecule has 1 fully saturated rings. The number of aliphatic imine (C=N–C) groups is 1. The van der Waals surface area contributed by atoms with Crippen molar-refractivity contribution < 1.29 is 9.53 Å². The SMILES string of the molecule is C#CCN1C(=O)N=C(N)C12CC(OC)C2. The fourth-order valence-electron chi connectivity index (χ4n) is 2.19. The van der Waals surface area contributed by atoms with E-state index in [9.17, 15) is 4.79 Å². The van der Waals surface area contributed by atoms with Crippen LogP contribution >= 0.6 is 0 Å². The number of terminal acetylenes is 1. The molecule has 0 aromatic heterocycles. The van der Waals surface area contributed by atoms with Gasteiger partial charge in [0, 0.05) is 20.0 Å². The van der Waals surface area contributed by atoms with Crippen molar-refractivity contribution in [2.45, 2.75) is 24.5 Å². The van der Waals surface area contributed by atoms with Crippen LogP contribution in [-0.2, 0) is 4.74 Å². The van der Waals surface area contributed by atoms with Crippen LogP contribution in [0.1, 0.15) is 12.8 Å². The zero-order valence-electron chi connectivity index (χ0n) is 8.56. The van der Waals surface area contributed by atoms with Gasteiger partial charge >= 0.3 is 6.03 Å². The summed E-state index contributed by atoms with van der Waals surface area (Å²) in [6.07, 6.45) is 6.73. The normalized spacial score (nSPS) is 33.9. The van der Waals surface area contributed by atoms with E-state index >= 15 is 0 Å². The Balaban J connectivity index is 2.20. The van der Waals surface area contributed by atoms with Crippen LogP contribution in [0.2, 0.25) is 0 Å². The Morgan fingerprint density at radius 2 is 2.47 bits per heavy atom. The number of amidine groups is 1. The molecule has 1 aliphatic carbocycles. The highest BCUT2D eigenvalue weighted by Crippen LogP contribution is 2.42. The molecule has 0 aromatic carbocycles. The Kier molecular flexibility index (Phi) is 2.16. The summed E-state index contributed by atoms with van der Waals surface area (Å²) < 4.78 is 5.18. The summed E-state index contributed by atoms with van der Waals surface area (Å²) in [6, 6.07) is -0.333. The van der Waals surface area contributed by atoms with Crippen molar-refractivity contribution in [1.29, 1.82) is 0 Å². The molecule has 5 nitrogen and oxygen atoms in total. The zero-order chi connectivity index (χ0) is 11.1. The average Bonchev–Trinajstić information content (AvgIpc) is 2.37. The van der Waals surface area contributed by atoms with Gasteiger partial charge in [0.05, 0.1) is 12.6 Å². The average molecular weight is 207 g/mol. The first-order chi connectivity index (χ1) is 7.14. The predicted molar refractivity (Wildman–Crippen MR) is 55.3 cm³/mol. The number of ether oxygens (including phenoxy) is 1. The third-order valence-corrected chi connectivity index (χ3v) is 3.15. The second kappa shape index (κ2) is 3.24. The third-order valence-electron chi connectivity index (χ3n) is 3.15. The number of rotatable bonds is 2. The van der Waals surface area contributed by atoms with Gasteiger partial charge in [-0.1, -0.05) is 5.92 Å². The van der Waals surface area contributed by atoms with Crippen molar-refractivity contribution in [3.63, 3.8) is 0 Å². The van der Waals surface area contributed by atoms with Gasteiger partial charge in [-0.25, -0.2) is 4.79 Å². The van der Waals surface area contributed by atoms with Crippen LogP contribution in [0, 0.1) is 12.3 Å². The second-order valence-corrected chi connectivity index (χ2v) is 3.87. The monoisotopic (exact) mass is 207 g/mol. The summed E-state index contributed by atoms with van der Waals surface area (Å²) in [5, 5.41) is 0. The van der Waals surface area contributed by atoms with Crippen molar-refractivity contribution in [2.24, 2.45) is 10.7 Å². The number of methoxy groups -OCH3 is 1. The first-order valence-corrected chi connectivity index (χ1v) is 4.76. The lowest BCUT2D eigenvalue weighted by Crippen LogP contribution is -2.64. The number of amides is 2. The topological polar surface area (TPSA) is 67.9 Å². The van der Waals surface area contributed by atoms with Gasteiger partial charge in [-0.2, -0.15) is 4.99 Å². The molecule has 2 amide bonds. The molecule has 2 N–H and O–H groups in total. The Morgan fingerprint density at radius 3 is 3.00 bits per heavy atom. The quantitative estimate of drug-likeness (QED) is 0.646. The summed E-state index contributed by atoms with van der Waals surface area (Å²) >= 11 is 0. The van der Waals surface area contributed by atoms with Crippen LogP contribution in [0.5, 0.6) is 0 Å². The van der Waals surface area contributed by atoms with Crippen molar-refractivity contribution >= 4 is 11.9 Å². The van der Waals surface area contributed by atoms with Gasteiger partial charge < -0.3 is 10.5 Å². The van der Waals surface area contributed by atoms with Crippen molar-refractivity contribution in [1.82, 2.24) is 4.90 Å². The minimum absolute atomic E-state index is 0.143. The largest absolute Gasteiger partial charge is 0.385 e. The molecule has 5 heteroatoms. The molecule has 15 heavy (non-hydrogen) atoms. The van der Waals surface area contributed by atoms with Gasteiger partial charge in [0.15, 0.2) is 0 Å². The first-order valence-electron chi connectivity index (χ1n) is 4.76. The van der Waals surface area contributed by atoms with Crippen molar-refractivity contribution in [3.05, 3.63) is 0 Å². The van der Waals surface area contributed by atoms with E-state index in [0.717, 1.165) is 0 Å². The first kappa shape index (κ1) is 9.99. The highest BCUT2D eigenvalue weighted by atomic mass is 16.5. The molecule has 1 aliphatic heterocycles. The van der Waals surface area contributed by atoms with E-state index in [1.807, 2.05) is 0 Å². The minimum atomic E-state index is -0.468. The smallest absolute Gasteiger partial charge is 0.346 e. The van der Waals surface area contributed by atoms with Gasteiger partial charge in [0.1, 0.15) is 11.4 Å². The standard InChI is InChI=1S/C10H13N3O2/c1-3-4-13-9(14)12-8(11)10(13)5-7(6-10)15-2/h1,7H,4-6H2,2H3,(H2,11,12,14). The number of hydrogen-bond acceptors (Lipinski definition) is 3. The molecular weight excluding hydrogens is 194 g/mol. The summed E-state index contributed by atoms with van der Waals surface area (Å²) in [4.78, 5) is 16.8. The molecule has 1 saturated carbocycles. The lowest BCUT2D eigenvalue weighted by molar-refractivity contribution is -0.0330. The van der Waals surface area contributed by atoms with Crippen LogP contribution in [0.3, 0.4) is 0 Å². The number of hydrogen-bond donors (Lipinski definition) is 1. The van der Waals surface area contributed by atoms with E-state index in [1.54, 1.807) is 12.0 Å². The fraction of sp³-hybridized carbons (Fsp3) is 0.600. The second-order valence-electron chi connectivity index (χ2n) is 3.87. The molecule has 0 bridgehead atoms. The van der Waals surface area contributed by atoms with E-state index < -0.39 is 5.54 Å².